The van der Waals surface area contributed by atoms with Crippen LogP contribution in [0.25, 0.3) is 0 Å². The summed E-state index contributed by atoms with van der Waals surface area (Å²) in [6, 6.07) is 13.5. The van der Waals surface area contributed by atoms with Crippen LogP contribution in [0.3, 0.4) is 0 Å². The van der Waals surface area contributed by atoms with Gasteiger partial charge < -0.3 is 15.4 Å². The lowest BCUT2D eigenvalue weighted by Crippen LogP contribution is -2.20. The first-order valence-corrected chi connectivity index (χ1v) is 14.6. The van der Waals surface area contributed by atoms with Gasteiger partial charge in [-0.1, -0.05) is 24.6 Å². The smallest absolute Gasteiger partial charge is 0.341 e. The first-order valence-electron chi connectivity index (χ1n) is 11.9. The van der Waals surface area contributed by atoms with Crippen molar-refractivity contribution >= 4 is 61.0 Å². The number of thiocarbonyl (C=S) groups is 1. The van der Waals surface area contributed by atoms with E-state index in [-0.39, 0.29) is 10.9 Å². The highest BCUT2D eigenvalue weighted by Gasteiger charge is 2.26. The van der Waals surface area contributed by atoms with Gasteiger partial charge in [-0.05, 0) is 93.2 Å². The van der Waals surface area contributed by atoms with Crippen LogP contribution in [-0.2, 0) is 27.6 Å². The Morgan fingerprint density at radius 3 is 2.47 bits per heavy atom. The molecule has 1 aromatic heterocycles. The molecule has 0 aliphatic heterocycles. The molecule has 0 saturated heterocycles. The summed E-state index contributed by atoms with van der Waals surface area (Å²) in [6.07, 6.45) is 5.10. The lowest BCUT2D eigenvalue weighted by molar-refractivity contribution is 0.0527. The fourth-order valence-electron chi connectivity index (χ4n) is 4.12. The van der Waals surface area contributed by atoms with Crippen LogP contribution in [0, 0.1) is 6.92 Å². The molecule has 3 N–H and O–H groups in total. The Bertz CT molecular complexity index is 1370. The number of benzene rings is 2. The van der Waals surface area contributed by atoms with Crippen LogP contribution in [0.4, 0.5) is 16.4 Å². The Hall–Kier alpha value is -2.95. The molecule has 0 bridgehead atoms. The lowest BCUT2D eigenvalue weighted by Gasteiger charge is -2.13. The van der Waals surface area contributed by atoms with Crippen molar-refractivity contribution in [3.05, 3.63) is 70.1 Å². The van der Waals surface area contributed by atoms with Crippen molar-refractivity contribution in [1.82, 2.24) is 0 Å². The maximum atomic E-state index is 12.8. The molecule has 1 aliphatic rings. The van der Waals surface area contributed by atoms with Crippen molar-refractivity contribution in [2.75, 3.05) is 22.0 Å². The molecule has 0 amide bonds. The molecule has 1 heterocycles. The van der Waals surface area contributed by atoms with E-state index >= 15 is 0 Å². The van der Waals surface area contributed by atoms with Crippen molar-refractivity contribution < 1.29 is 17.9 Å². The number of fused-ring (bicyclic) bond motifs is 1. The first kappa shape index (κ1) is 26.1. The van der Waals surface area contributed by atoms with Crippen LogP contribution < -0.4 is 15.4 Å². The predicted molar refractivity (Wildman–Crippen MR) is 150 cm³/mol. The monoisotopic (exact) mass is 543 g/mol. The molecule has 7 nitrogen and oxygen atoms in total. The molecule has 0 atom stereocenters. The number of hydrogen-bond acceptors (Lipinski definition) is 6. The molecule has 10 heteroatoms. The van der Waals surface area contributed by atoms with Crippen LogP contribution in [0.2, 0.25) is 0 Å². The standard InChI is InChI=1S/C26H29N3O4S3/c1-3-33-25(30)23-20-10-5-4-6-12-22(20)35-24(23)28-26(34)27-18-13-15-19(16-14-18)36(31,32)29-21-11-8-7-9-17(21)2/h7-9,11,13-16,29H,3-6,10,12H2,1-2H3,(H2,27,28,34). The summed E-state index contributed by atoms with van der Waals surface area (Å²) in [6.45, 7) is 3.94. The van der Waals surface area contributed by atoms with Crippen LogP contribution >= 0.6 is 23.6 Å². The number of para-hydroxylation sites is 1. The fourth-order valence-corrected chi connectivity index (χ4v) is 6.82. The molecule has 0 saturated carbocycles. The number of ether oxygens (including phenoxy) is 1. The lowest BCUT2D eigenvalue weighted by atomic mass is 10.1. The Kier molecular flexibility index (Phi) is 8.28. The summed E-state index contributed by atoms with van der Waals surface area (Å²) in [5.74, 6) is -0.335. The van der Waals surface area contributed by atoms with Gasteiger partial charge in [0.1, 0.15) is 5.00 Å². The van der Waals surface area contributed by atoms with Gasteiger partial charge in [0.05, 0.1) is 22.8 Å². The Morgan fingerprint density at radius 2 is 1.75 bits per heavy atom. The molecule has 36 heavy (non-hydrogen) atoms. The normalized spacial score (nSPS) is 13.3. The number of carbonyl (C=O) groups excluding carboxylic acids is 1. The zero-order valence-corrected chi connectivity index (χ0v) is 22.7. The highest BCUT2D eigenvalue weighted by molar-refractivity contribution is 7.92. The molecule has 0 spiro atoms. The minimum Gasteiger partial charge on any atom is -0.462 e. The van der Waals surface area contributed by atoms with E-state index in [4.69, 9.17) is 17.0 Å². The van der Waals surface area contributed by atoms with Crippen molar-refractivity contribution in [2.24, 2.45) is 0 Å². The molecule has 2 aromatic carbocycles. The van der Waals surface area contributed by atoms with Gasteiger partial charge in [-0.15, -0.1) is 11.3 Å². The quantitative estimate of drug-likeness (QED) is 0.188. The second-order valence-electron chi connectivity index (χ2n) is 8.51. The highest BCUT2D eigenvalue weighted by atomic mass is 32.2. The topological polar surface area (TPSA) is 96.5 Å². The van der Waals surface area contributed by atoms with Crippen LogP contribution in [0.15, 0.2) is 53.4 Å². The van der Waals surface area contributed by atoms with E-state index in [0.717, 1.165) is 43.2 Å². The number of hydrogen-bond donors (Lipinski definition) is 3. The van der Waals surface area contributed by atoms with Crippen molar-refractivity contribution in [1.29, 1.82) is 0 Å². The summed E-state index contributed by atoms with van der Waals surface area (Å²) < 4.78 is 33.5. The Labute approximate surface area is 221 Å². The molecular formula is C26H29N3O4S3. The number of carbonyl (C=O) groups is 1. The number of anilines is 3. The summed E-state index contributed by atoms with van der Waals surface area (Å²) in [4.78, 5) is 14.1. The summed E-state index contributed by atoms with van der Waals surface area (Å²) in [7, 11) is -3.73. The van der Waals surface area contributed by atoms with E-state index in [1.54, 1.807) is 42.5 Å². The minimum atomic E-state index is -3.73. The molecule has 3 aromatic rings. The predicted octanol–water partition coefficient (Wildman–Crippen LogP) is 6.11. The van der Waals surface area contributed by atoms with E-state index in [2.05, 4.69) is 15.4 Å². The second-order valence-corrected chi connectivity index (χ2v) is 11.7. The van der Waals surface area contributed by atoms with E-state index in [9.17, 15) is 13.2 Å². The molecule has 0 unspecified atom stereocenters. The molecular weight excluding hydrogens is 515 g/mol. The average molecular weight is 544 g/mol. The second kappa shape index (κ2) is 11.4. The van der Waals surface area contributed by atoms with Gasteiger partial charge in [-0.3, -0.25) is 4.72 Å². The Morgan fingerprint density at radius 1 is 1.03 bits per heavy atom. The van der Waals surface area contributed by atoms with E-state index in [1.807, 2.05) is 19.1 Å². The maximum absolute atomic E-state index is 12.8. The van der Waals surface area contributed by atoms with Gasteiger partial charge in [0.2, 0.25) is 0 Å². The molecule has 1 aliphatic carbocycles. The van der Waals surface area contributed by atoms with Crippen LogP contribution in [0.1, 0.15) is 52.5 Å². The van der Waals surface area contributed by atoms with Gasteiger partial charge >= 0.3 is 5.97 Å². The number of nitrogens with one attached hydrogen (secondary N) is 3. The third-order valence-corrected chi connectivity index (χ3v) is 8.73. The molecule has 190 valence electrons. The third-order valence-electron chi connectivity index (χ3n) is 5.94. The van der Waals surface area contributed by atoms with Crippen molar-refractivity contribution in [2.45, 2.75) is 50.8 Å². The number of aryl methyl sites for hydroxylation is 2. The summed E-state index contributed by atoms with van der Waals surface area (Å²) in [5, 5.41) is 7.24. The van der Waals surface area contributed by atoms with Crippen molar-refractivity contribution in [3.8, 4) is 0 Å². The number of rotatable bonds is 7. The molecule has 0 radical (unpaired) electrons. The van der Waals surface area contributed by atoms with E-state index in [0.29, 0.717) is 33.7 Å². The number of thiophene rings is 1. The van der Waals surface area contributed by atoms with Gasteiger partial charge in [-0.2, -0.15) is 0 Å². The SMILES string of the molecule is CCOC(=O)c1c(NC(=S)Nc2ccc(S(=O)(=O)Nc3ccccc3C)cc2)sc2c1CCCCC2. The zero-order chi connectivity index (χ0) is 25.7. The van der Waals surface area contributed by atoms with Crippen molar-refractivity contribution in [3.63, 3.8) is 0 Å². The number of sulfonamides is 1. The summed E-state index contributed by atoms with van der Waals surface area (Å²) in [5.41, 5.74) is 3.64. The molecule has 4 rings (SSSR count). The minimum absolute atomic E-state index is 0.141. The van der Waals surface area contributed by atoms with Gasteiger partial charge in [0.25, 0.3) is 10.0 Å². The third kappa shape index (κ3) is 6.05. The molecule has 0 fully saturated rings. The average Bonchev–Trinajstić information content (AvgIpc) is 3.01. The number of esters is 1. The van der Waals surface area contributed by atoms with E-state index in [1.165, 1.54) is 17.0 Å². The highest BCUT2D eigenvalue weighted by Crippen LogP contribution is 2.38. The fraction of sp³-hybridized carbons (Fsp3) is 0.308. The zero-order valence-electron chi connectivity index (χ0n) is 20.2. The van der Waals surface area contributed by atoms with Gasteiger partial charge in [0.15, 0.2) is 5.11 Å². The van der Waals surface area contributed by atoms with Crippen LogP contribution in [0.5, 0.6) is 0 Å². The van der Waals surface area contributed by atoms with Gasteiger partial charge in [0, 0.05) is 10.6 Å². The van der Waals surface area contributed by atoms with E-state index < -0.39 is 10.0 Å². The first-order chi connectivity index (χ1) is 17.3. The summed E-state index contributed by atoms with van der Waals surface area (Å²) >= 11 is 7.05. The Balaban J connectivity index is 1.47. The van der Waals surface area contributed by atoms with Gasteiger partial charge in [-0.25, -0.2) is 13.2 Å². The maximum Gasteiger partial charge on any atom is 0.341 e. The van der Waals surface area contributed by atoms with Crippen LogP contribution in [-0.4, -0.2) is 26.1 Å². The largest absolute Gasteiger partial charge is 0.462 e.